The Kier molecular flexibility index (Phi) is 2.54. The topological polar surface area (TPSA) is 49.3 Å². The van der Waals surface area contributed by atoms with Crippen LogP contribution in [0.4, 0.5) is 0 Å². The number of carbonyl (C=O) groups excluding carboxylic acids is 1. The standard InChI is InChI=1S/C10H17NO2/c12-6-9-8(5-10(13)11-9)7-3-1-2-4-7/h7-9,12H,1-6H2,(H,11,13). The second-order valence-corrected chi connectivity index (χ2v) is 4.27. The maximum Gasteiger partial charge on any atom is 0.220 e. The predicted octanol–water partition coefficient (Wildman–Crippen LogP) is 0.674. The van der Waals surface area contributed by atoms with Gasteiger partial charge in [-0.15, -0.1) is 0 Å². The van der Waals surface area contributed by atoms with Crippen molar-refractivity contribution < 1.29 is 9.90 Å². The fourth-order valence-corrected chi connectivity index (χ4v) is 2.79. The van der Waals surface area contributed by atoms with Gasteiger partial charge in [0.05, 0.1) is 12.6 Å². The lowest BCUT2D eigenvalue weighted by molar-refractivity contribution is -0.119. The molecule has 1 aliphatic heterocycles. The van der Waals surface area contributed by atoms with Crippen LogP contribution in [0.15, 0.2) is 0 Å². The molecule has 2 unspecified atom stereocenters. The van der Waals surface area contributed by atoms with Gasteiger partial charge in [-0.2, -0.15) is 0 Å². The Morgan fingerprint density at radius 2 is 2.08 bits per heavy atom. The lowest BCUT2D eigenvalue weighted by atomic mass is 9.85. The summed E-state index contributed by atoms with van der Waals surface area (Å²) in [6.07, 6.45) is 5.73. The molecule has 2 rings (SSSR count). The molecule has 2 fully saturated rings. The summed E-state index contributed by atoms with van der Waals surface area (Å²) in [6, 6.07) is 0.0376. The van der Waals surface area contributed by atoms with E-state index in [2.05, 4.69) is 5.32 Å². The van der Waals surface area contributed by atoms with Gasteiger partial charge in [0.25, 0.3) is 0 Å². The smallest absolute Gasteiger partial charge is 0.220 e. The highest BCUT2D eigenvalue weighted by molar-refractivity contribution is 5.79. The van der Waals surface area contributed by atoms with E-state index in [0.717, 1.165) is 0 Å². The fourth-order valence-electron chi connectivity index (χ4n) is 2.79. The van der Waals surface area contributed by atoms with Crippen molar-refractivity contribution in [2.75, 3.05) is 6.61 Å². The van der Waals surface area contributed by atoms with Crippen LogP contribution in [-0.4, -0.2) is 23.7 Å². The van der Waals surface area contributed by atoms with E-state index in [4.69, 9.17) is 5.11 Å². The van der Waals surface area contributed by atoms with Crippen molar-refractivity contribution >= 4 is 5.91 Å². The Labute approximate surface area is 78.5 Å². The third kappa shape index (κ3) is 1.70. The zero-order valence-electron chi connectivity index (χ0n) is 7.83. The van der Waals surface area contributed by atoms with Crippen molar-refractivity contribution in [2.45, 2.75) is 38.1 Å². The van der Waals surface area contributed by atoms with E-state index >= 15 is 0 Å². The lowest BCUT2D eigenvalue weighted by Crippen LogP contribution is -2.34. The van der Waals surface area contributed by atoms with E-state index in [1.807, 2.05) is 0 Å². The van der Waals surface area contributed by atoms with Crippen LogP contribution >= 0.6 is 0 Å². The number of aliphatic hydroxyl groups excluding tert-OH is 1. The largest absolute Gasteiger partial charge is 0.394 e. The summed E-state index contributed by atoms with van der Waals surface area (Å²) in [5.41, 5.74) is 0. The van der Waals surface area contributed by atoms with E-state index in [9.17, 15) is 4.79 Å². The van der Waals surface area contributed by atoms with Crippen molar-refractivity contribution in [3.8, 4) is 0 Å². The highest BCUT2D eigenvalue weighted by Gasteiger charge is 2.38. The second-order valence-electron chi connectivity index (χ2n) is 4.27. The van der Waals surface area contributed by atoms with Gasteiger partial charge in [-0.05, 0) is 11.8 Å². The Hall–Kier alpha value is -0.570. The minimum atomic E-state index is 0.0376. The molecule has 13 heavy (non-hydrogen) atoms. The van der Waals surface area contributed by atoms with E-state index < -0.39 is 0 Å². The normalized spacial score (nSPS) is 35.3. The summed E-state index contributed by atoms with van der Waals surface area (Å²) >= 11 is 0. The van der Waals surface area contributed by atoms with E-state index in [0.29, 0.717) is 18.3 Å². The Morgan fingerprint density at radius 1 is 1.38 bits per heavy atom. The van der Waals surface area contributed by atoms with Gasteiger partial charge in [0.1, 0.15) is 0 Å². The van der Waals surface area contributed by atoms with Gasteiger partial charge in [0.2, 0.25) is 5.91 Å². The van der Waals surface area contributed by atoms with Gasteiger partial charge in [0.15, 0.2) is 0 Å². The van der Waals surface area contributed by atoms with Gasteiger partial charge >= 0.3 is 0 Å². The molecule has 0 aromatic rings. The molecule has 2 N–H and O–H groups in total. The molecular weight excluding hydrogens is 166 g/mol. The number of aliphatic hydroxyl groups is 1. The molecule has 0 aromatic carbocycles. The summed E-state index contributed by atoms with van der Waals surface area (Å²) in [5, 5.41) is 11.9. The van der Waals surface area contributed by atoms with Crippen LogP contribution in [0.3, 0.4) is 0 Å². The first-order valence-electron chi connectivity index (χ1n) is 5.21. The molecule has 3 heteroatoms. The molecule has 0 bridgehead atoms. The van der Waals surface area contributed by atoms with Crippen molar-refractivity contribution in [1.29, 1.82) is 0 Å². The highest BCUT2D eigenvalue weighted by atomic mass is 16.3. The number of hydrogen-bond acceptors (Lipinski definition) is 2. The van der Waals surface area contributed by atoms with Gasteiger partial charge in [-0.1, -0.05) is 25.7 Å². The van der Waals surface area contributed by atoms with E-state index in [1.54, 1.807) is 0 Å². The SMILES string of the molecule is O=C1CC(C2CCCC2)C(CO)N1. The fraction of sp³-hybridized carbons (Fsp3) is 0.900. The molecule has 2 aliphatic rings. The molecular formula is C10H17NO2. The number of hydrogen-bond donors (Lipinski definition) is 2. The first kappa shape index (κ1) is 9.00. The second kappa shape index (κ2) is 3.66. The number of carbonyl (C=O) groups is 1. The van der Waals surface area contributed by atoms with E-state index in [1.165, 1.54) is 25.7 Å². The van der Waals surface area contributed by atoms with Crippen LogP contribution in [0.25, 0.3) is 0 Å². The van der Waals surface area contributed by atoms with E-state index in [-0.39, 0.29) is 18.6 Å². The average molecular weight is 183 g/mol. The van der Waals surface area contributed by atoms with Crippen molar-refractivity contribution in [1.82, 2.24) is 5.32 Å². The molecule has 0 aromatic heterocycles. The summed E-state index contributed by atoms with van der Waals surface area (Å²) in [7, 11) is 0. The van der Waals surface area contributed by atoms with Crippen LogP contribution in [0, 0.1) is 11.8 Å². The van der Waals surface area contributed by atoms with Crippen LogP contribution in [0.2, 0.25) is 0 Å². The third-order valence-corrected chi connectivity index (χ3v) is 3.49. The first-order chi connectivity index (χ1) is 6.31. The zero-order valence-corrected chi connectivity index (χ0v) is 7.83. The molecule has 0 spiro atoms. The van der Waals surface area contributed by atoms with Crippen molar-refractivity contribution in [2.24, 2.45) is 11.8 Å². The monoisotopic (exact) mass is 183 g/mol. The molecule has 1 aliphatic carbocycles. The molecule has 1 heterocycles. The summed E-state index contributed by atoms with van der Waals surface area (Å²) in [5.74, 6) is 1.20. The Bertz CT molecular complexity index is 199. The minimum Gasteiger partial charge on any atom is -0.394 e. The van der Waals surface area contributed by atoms with Crippen LogP contribution < -0.4 is 5.32 Å². The van der Waals surface area contributed by atoms with Crippen molar-refractivity contribution in [3.63, 3.8) is 0 Å². The summed E-state index contributed by atoms with van der Waals surface area (Å²) < 4.78 is 0. The molecule has 0 radical (unpaired) electrons. The molecule has 3 nitrogen and oxygen atoms in total. The van der Waals surface area contributed by atoms with Crippen LogP contribution in [0.1, 0.15) is 32.1 Å². The average Bonchev–Trinajstić information content (AvgIpc) is 2.71. The minimum absolute atomic E-state index is 0.0376. The zero-order chi connectivity index (χ0) is 9.26. The number of amides is 1. The third-order valence-electron chi connectivity index (χ3n) is 3.49. The van der Waals surface area contributed by atoms with Crippen LogP contribution in [-0.2, 0) is 4.79 Å². The van der Waals surface area contributed by atoms with Gasteiger partial charge < -0.3 is 10.4 Å². The Morgan fingerprint density at radius 3 is 2.69 bits per heavy atom. The summed E-state index contributed by atoms with van der Waals surface area (Å²) in [4.78, 5) is 11.2. The molecule has 2 atom stereocenters. The van der Waals surface area contributed by atoms with Crippen molar-refractivity contribution in [3.05, 3.63) is 0 Å². The molecule has 1 saturated carbocycles. The number of nitrogens with one attached hydrogen (secondary N) is 1. The predicted molar refractivity (Wildman–Crippen MR) is 49.1 cm³/mol. The van der Waals surface area contributed by atoms with Gasteiger partial charge in [-0.3, -0.25) is 4.79 Å². The van der Waals surface area contributed by atoms with Gasteiger partial charge in [0, 0.05) is 6.42 Å². The Balaban J connectivity index is 1.99. The molecule has 1 amide bonds. The first-order valence-corrected chi connectivity index (χ1v) is 5.21. The van der Waals surface area contributed by atoms with Crippen LogP contribution in [0.5, 0.6) is 0 Å². The number of rotatable bonds is 2. The lowest BCUT2D eigenvalue weighted by Gasteiger charge is -2.22. The highest BCUT2D eigenvalue weighted by Crippen LogP contribution is 2.36. The molecule has 1 saturated heterocycles. The summed E-state index contributed by atoms with van der Waals surface area (Å²) in [6.45, 7) is 0.104. The quantitative estimate of drug-likeness (QED) is 0.661. The van der Waals surface area contributed by atoms with Gasteiger partial charge in [-0.25, -0.2) is 0 Å². The molecule has 74 valence electrons. The maximum absolute atomic E-state index is 11.2. The maximum atomic E-state index is 11.2.